The average Bonchev–Trinajstić information content (AvgIpc) is 2.49. The lowest BCUT2D eigenvalue weighted by Crippen LogP contribution is -2.06. The van der Waals surface area contributed by atoms with Crippen LogP contribution in [0.25, 0.3) is 10.8 Å². The Morgan fingerprint density at radius 3 is 2.48 bits per heavy atom. The molecule has 3 aromatic rings. The van der Waals surface area contributed by atoms with Crippen molar-refractivity contribution in [2.45, 2.75) is 22.8 Å². The van der Waals surface area contributed by atoms with E-state index in [4.69, 9.17) is 5.73 Å². The van der Waals surface area contributed by atoms with Crippen LogP contribution in [0.2, 0.25) is 0 Å². The zero-order valence-electron chi connectivity index (χ0n) is 11.7. The number of nitrogens with two attached hydrogens (primary N) is 1. The number of halogens is 1. The third-order valence-electron chi connectivity index (χ3n) is 3.41. The summed E-state index contributed by atoms with van der Waals surface area (Å²) in [5.74, 6) is -0.245. The zero-order chi connectivity index (χ0) is 14.8. The maximum absolute atomic E-state index is 13.4. The third-order valence-corrected chi connectivity index (χ3v) is 4.49. The Morgan fingerprint density at radius 2 is 1.71 bits per heavy atom. The first-order chi connectivity index (χ1) is 10.1. The lowest BCUT2D eigenvalue weighted by atomic mass is 10.1. The molecule has 1 nitrogen and oxygen atoms in total. The van der Waals surface area contributed by atoms with Crippen molar-refractivity contribution >= 4 is 22.5 Å². The van der Waals surface area contributed by atoms with Gasteiger partial charge in [0.15, 0.2) is 0 Å². The molecule has 106 valence electrons. The molecule has 21 heavy (non-hydrogen) atoms. The highest BCUT2D eigenvalue weighted by molar-refractivity contribution is 7.99. The zero-order valence-corrected chi connectivity index (χ0v) is 12.5. The summed E-state index contributed by atoms with van der Waals surface area (Å²) in [6.45, 7) is 1.87. The summed E-state index contributed by atoms with van der Waals surface area (Å²) in [4.78, 5) is 2.13. The fraction of sp³-hybridized carbons (Fsp3) is 0.111. The molecular weight excluding hydrogens is 281 g/mol. The highest BCUT2D eigenvalue weighted by Crippen LogP contribution is 2.34. The monoisotopic (exact) mass is 297 g/mol. The van der Waals surface area contributed by atoms with Gasteiger partial charge in [-0.05, 0) is 53.6 Å². The van der Waals surface area contributed by atoms with Gasteiger partial charge in [-0.3, -0.25) is 0 Å². The van der Waals surface area contributed by atoms with E-state index in [0.29, 0.717) is 0 Å². The number of hydrogen-bond acceptors (Lipinski definition) is 2. The molecule has 0 unspecified atom stereocenters. The Kier molecular flexibility index (Phi) is 3.95. The van der Waals surface area contributed by atoms with Crippen LogP contribution in [0.5, 0.6) is 0 Å². The standard InChI is InChI=1S/C18H16FNS/c1-12(20)17-11-15(19)7-9-18(17)21-16-8-6-13-4-2-3-5-14(13)10-16/h2-12H,20H2,1H3/t12-/m0/s1. The summed E-state index contributed by atoms with van der Waals surface area (Å²) in [6.07, 6.45) is 0. The van der Waals surface area contributed by atoms with E-state index in [-0.39, 0.29) is 11.9 Å². The summed E-state index contributed by atoms with van der Waals surface area (Å²) in [5, 5.41) is 2.42. The van der Waals surface area contributed by atoms with Crippen molar-refractivity contribution in [3.8, 4) is 0 Å². The molecule has 3 aromatic carbocycles. The maximum Gasteiger partial charge on any atom is 0.123 e. The molecular formula is C18H16FNS. The Morgan fingerprint density at radius 1 is 0.952 bits per heavy atom. The van der Waals surface area contributed by atoms with Crippen LogP contribution in [0, 0.1) is 5.82 Å². The van der Waals surface area contributed by atoms with Crippen molar-refractivity contribution in [2.75, 3.05) is 0 Å². The van der Waals surface area contributed by atoms with E-state index in [2.05, 4.69) is 30.3 Å². The predicted molar refractivity (Wildman–Crippen MR) is 87.1 cm³/mol. The first kappa shape index (κ1) is 14.1. The van der Waals surface area contributed by atoms with E-state index < -0.39 is 0 Å². The van der Waals surface area contributed by atoms with Gasteiger partial charge in [-0.1, -0.05) is 42.1 Å². The second-order valence-corrected chi connectivity index (χ2v) is 6.20. The molecule has 0 spiro atoms. The molecule has 0 radical (unpaired) electrons. The van der Waals surface area contributed by atoms with Crippen LogP contribution >= 0.6 is 11.8 Å². The molecule has 0 heterocycles. The molecule has 0 amide bonds. The van der Waals surface area contributed by atoms with Crippen molar-refractivity contribution in [3.63, 3.8) is 0 Å². The van der Waals surface area contributed by atoms with E-state index in [1.807, 2.05) is 19.1 Å². The van der Waals surface area contributed by atoms with Crippen LogP contribution in [-0.2, 0) is 0 Å². The van der Waals surface area contributed by atoms with Gasteiger partial charge in [-0.2, -0.15) is 0 Å². The van der Waals surface area contributed by atoms with Gasteiger partial charge in [0.2, 0.25) is 0 Å². The molecule has 0 aliphatic rings. The minimum atomic E-state index is -0.245. The van der Waals surface area contributed by atoms with Gasteiger partial charge in [0, 0.05) is 15.8 Å². The smallest absolute Gasteiger partial charge is 0.123 e. The van der Waals surface area contributed by atoms with Crippen molar-refractivity contribution in [1.29, 1.82) is 0 Å². The van der Waals surface area contributed by atoms with Crippen LogP contribution < -0.4 is 5.73 Å². The van der Waals surface area contributed by atoms with Crippen LogP contribution in [0.3, 0.4) is 0 Å². The van der Waals surface area contributed by atoms with Gasteiger partial charge in [-0.15, -0.1) is 0 Å². The third kappa shape index (κ3) is 3.09. The molecule has 0 fully saturated rings. The van der Waals surface area contributed by atoms with E-state index in [9.17, 15) is 4.39 Å². The maximum atomic E-state index is 13.4. The average molecular weight is 297 g/mol. The normalized spacial score (nSPS) is 12.5. The van der Waals surface area contributed by atoms with Crippen LogP contribution in [-0.4, -0.2) is 0 Å². The second-order valence-electron chi connectivity index (χ2n) is 5.08. The molecule has 0 aliphatic carbocycles. The Labute approximate surface area is 128 Å². The summed E-state index contributed by atoms with van der Waals surface area (Å²) in [6, 6.07) is 19.2. The molecule has 0 aliphatic heterocycles. The minimum absolute atomic E-state index is 0.191. The molecule has 2 N–H and O–H groups in total. The van der Waals surface area contributed by atoms with Gasteiger partial charge < -0.3 is 5.73 Å². The second kappa shape index (κ2) is 5.88. The first-order valence-electron chi connectivity index (χ1n) is 6.85. The topological polar surface area (TPSA) is 26.0 Å². The van der Waals surface area contributed by atoms with Gasteiger partial charge in [0.1, 0.15) is 5.82 Å². The van der Waals surface area contributed by atoms with Gasteiger partial charge in [0.25, 0.3) is 0 Å². The molecule has 0 saturated carbocycles. The van der Waals surface area contributed by atoms with Crippen LogP contribution in [0.1, 0.15) is 18.5 Å². The Balaban J connectivity index is 1.98. The number of hydrogen-bond donors (Lipinski definition) is 1. The largest absolute Gasteiger partial charge is 0.324 e. The lowest BCUT2D eigenvalue weighted by Gasteiger charge is -2.12. The Hall–Kier alpha value is -1.84. The van der Waals surface area contributed by atoms with Crippen molar-refractivity contribution in [3.05, 3.63) is 72.0 Å². The first-order valence-corrected chi connectivity index (χ1v) is 7.67. The van der Waals surface area contributed by atoms with E-state index in [1.165, 1.54) is 22.9 Å². The Bertz CT molecular complexity index is 783. The minimum Gasteiger partial charge on any atom is -0.324 e. The fourth-order valence-corrected chi connectivity index (χ4v) is 3.40. The van der Waals surface area contributed by atoms with E-state index >= 15 is 0 Å². The predicted octanol–water partition coefficient (Wildman–Crippen LogP) is 5.15. The van der Waals surface area contributed by atoms with Gasteiger partial charge in [0.05, 0.1) is 0 Å². The highest BCUT2D eigenvalue weighted by Gasteiger charge is 2.10. The molecule has 0 aromatic heterocycles. The van der Waals surface area contributed by atoms with Gasteiger partial charge in [-0.25, -0.2) is 4.39 Å². The number of rotatable bonds is 3. The van der Waals surface area contributed by atoms with Gasteiger partial charge >= 0.3 is 0 Å². The fourth-order valence-electron chi connectivity index (χ4n) is 2.33. The SMILES string of the molecule is C[C@H](N)c1cc(F)ccc1Sc1ccc2ccccc2c1. The van der Waals surface area contributed by atoms with Crippen molar-refractivity contribution < 1.29 is 4.39 Å². The van der Waals surface area contributed by atoms with E-state index in [1.54, 1.807) is 17.8 Å². The molecule has 3 rings (SSSR count). The van der Waals surface area contributed by atoms with Crippen LogP contribution in [0.4, 0.5) is 4.39 Å². The summed E-state index contributed by atoms with van der Waals surface area (Å²) in [5.41, 5.74) is 6.79. The van der Waals surface area contributed by atoms with E-state index in [0.717, 1.165) is 15.4 Å². The van der Waals surface area contributed by atoms with Crippen molar-refractivity contribution in [1.82, 2.24) is 0 Å². The molecule has 3 heteroatoms. The number of benzene rings is 3. The summed E-state index contributed by atoms with van der Waals surface area (Å²) in [7, 11) is 0. The number of fused-ring (bicyclic) bond motifs is 1. The lowest BCUT2D eigenvalue weighted by molar-refractivity contribution is 0.619. The molecule has 0 bridgehead atoms. The van der Waals surface area contributed by atoms with Crippen LogP contribution in [0.15, 0.2) is 70.5 Å². The van der Waals surface area contributed by atoms with Crippen molar-refractivity contribution in [2.24, 2.45) is 5.73 Å². The summed E-state index contributed by atoms with van der Waals surface area (Å²) >= 11 is 1.62. The molecule has 0 saturated heterocycles. The highest BCUT2D eigenvalue weighted by atomic mass is 32.2. The quantitative estimate of drug-likeness (QED) is 0.723. The molecule has 1 atom stereocenters. The summed E-state index contributed by atoms with van der Waals surface area (Å²) < 4.78 is 13.4.